The van der Waals surface area contributed by atoms with Gasteiger partial charge in [0.2, 0.25) is 0 Å². The Balaban J connectivity index is 1.76. The Morgan fingerprint density at radius 2 is 1.40 bits per heavy atom. The van der Waals surface area contributed by atoms with Gasteiger partial charge in [-0.2, -0.15) is 0 Å². The van der Waals surface area contributed by atoms with Crippen LogP contribution >= 0.6 is 0 Å². The number of para-hydroxylation sites is 1. The molecule has 3 aromatic rings. The highest BCUT2D eigenvalue weighted by molar-refractivity contribution is 5.77. The summed E-state index contributed by atoms with van der Waals surface area (Å²) in [6.07, 6.45) is 3.61. The van der Waals surface area contributed by atoms with Crippen LogP contribution in [0, 0.1) is 0 Å². The van der Waals surface area contributed by atoms with Crippen molar-refractivity contribution in [1.82, 2.24) is 0 Å². The molecular formula is C24H25N. The van der Waals surface area contributed by atoms with E-state index in [4.69, 9.17) is 0 Å². The summed E-state index contributed by atoms with van der Waals surface area (Å²) in [5.41, 5.74) is 8.09. The summed E-state index contributed by atoms with van der Waals surface area (Å²) < 4.78 is 0. The summed E-state index contributed by atoms with van der Waals surface area (Å²) in [7, 11) is 0. The quantitative estimate of drug-likeness (QED) is 0.500. The maximum absolute atomic E-state index is 2.36. The van der Waals surface area contributed by atoms with E-state index in [2.05, 4.69) is 91.5 Å². The van der Waals surface area contributed by atoms with Crippen LogP contribution in [0.1, 0.15) is 42.9 Å². The molecule has 0 heterocycles. The van der Waals surface area contributed by atoms with E-state index in [9.17, 15) is 0 Å². The summed E-state index contributed by atoms with van der Waals surface area (Å²) in [6, 6.07) is 26.6. The van der Waals surface area contributed by atoms with Gasteiger partial charge in [-0.15, -0.1) is 0 Å². The Hall–Kier alpha value is -2.54. The van der Waals surface area contributed by atoms with Gasteiger partial charge in [-0.25, -0.2) is 0 Å². The Morgan fingerprint density at radius 3 is 2.00 bits per heavy atom. The fourth-order valence-electron chi connectivity index (χ4n) is 3.53. The van der Waals surface area contributed by atoms with Gasteiger partial charge < -0.3 is 4.90 Å². The van der Waals surface area contributed by atoms with Crippen molar-refractivity contribution >= 4 is 17.1 Å². The minimum Gasteiger partial charge on any atom is -0.310 e. The lowest BCUT2D eigenvalue weighted by Gasteiger charge is -2.28. The van der Waals surface area contributed by atoms with E-state index in [0.717, 1.165) is 0 Å². The number of aryl methyl sites for hydroxylation is 2. The van der Waals surface area contributed by atoms with Crippen LogP contribution in [0.15, 0.2) is 72.8 Å². The molecule has 0 aromatic heterocycles. The van der Waals surface area contributed by atoms with Crippen molar-refractivity contribution in [2.24, 2.45) is 0 Å². The molecular weight excluding hydrogens is 302 g/mol. The van der Waals surface area contributed by atoms with E-state index in [0.29, 0.717) is 5.92 Å². The number of hydrogen-bond acceptors (Lipinski definition) is 1. The van der Waals surface area contributed by atoms with Crippen LogP contribution in [0.2, 0.25) is 0 Å². The van der Waals surface area contributed by atoms with Gasteiger partial charge >= 0.3 is 0 Å². The highest BCUT2D eigenvalue weighted by Crippen LogP contribution is 2.37. The molecule has 0 radical (unpaired) electrons. The third kappa shape index (κ3) is 3.07. The van der Waals surface area contributed by atoms with Crippen LogP contribution in [0.4, 0.5) is 17.1 Å². The number of anilines is 3. The summed E-state index contributed by atoms with van der Waals surface area (Å²) in [4.78, 5) is 2.36. The molecule has 25 heavy (non-hydrogen) atoms. The Labute approximate surface area is 150 Å². The standard InChI is InChI=1S/C24H25N/c1-3-18(2)19-11-14-23(15-12-19)25(22-7-5-4-6-8-22)24-16-13-20-9-10-21(20)17-24/h4-8,11-18H,3,9-10H2,1-2H3. The summed E-state index contributed by atoms with van der Waals surface area (Å²) in [5.74, 6) is 0.607. The Bertz CT molecular complexity index is 849. The van der Waals surface area contributed by atoms with Gasteiger partial charge in [0.25, 0.3) is 0 Å². The number of rotatable bonds is 5. The molecule has 1 unspecified atom stereocenters. The molecule has 0 N–H and O–H groups in total. The molecule has 1 nitrogen and oxygen atoms in total. The molecule has 1 aliphatic carbocycles. The highest BCUT2D eigenvalue weighted by atomic mass is 15.1. The molecule has 0 spiro atoms. The largest absolute Gasteiger partial charge is 0.310 e. The van der Waals surface area contributed by atoms with Crippen LogP contribution in [0.5, 0.6) is 0 Å². The number of benzene rings is 3. The molecule has 0 saturated carbocycles. The first-order chi connectivity index (χ1) is 12.3. The zero-order valence-corrected chi connectivity index (χ0v) is 15.1. The minimum atomic E-state index is 0.607. The Kier molecular flexibility index (Phi) is 4.31. The monoisotopic (exact) mass is 327 g/mol. The zero-order chi connectivity index (χ0) is 17.2. The van der Waals surface area contributed by atoms with Gasteiger partial charge in [0.1, 0.15) is 0 Å². The van der Waals surface area contributed by atoms with Gasteiger partial charge in [-0.1, -0.05) is 50.2 Å². The second kappa shape index (κ2) is 6.76. The lowest BCUT2D eigenvalue weighted by Crippen LogP contribution is -2.13. The van der Waals surface area contributed by atoms with Gasteiger partial charge in [0, 0.05) is 17.1 Å². The second-order valence-electron chi connectivity index (χ2n) is 7.02. The van der Waals surface area contributed by atoms with Gasteiger partial charge in [-0.05, 0) is 78.3 Å². The summed E-state index contributed by atoms with van der Waals surface area (Å²) in [6.45, 7) is 4.54. The lowest BCUT2D eigenvalue weighted by atomic mass is 9.88. The van der Waals surface area contributed by atoms with Crippen molar-refractivity contribution < 1.29 is 0 Å². The number of fused-ring (bicyclic) bond motifs is 1. The van der Waals surface area contributed by atoms with Gasteiger partial charge in [0.05, 0.1) is 0 Å². The summed E-state index contributed by atoms with van der Waals surface area (Å²) >= 11 is 0. The number of hydrogen-bond donors (Lipinski definition) is 0. The smallest absolute Gasteiger partial charge is 0.0464 e. The molecule has 126 valence electrons. The van der Waals surface area contributed by atoms with E-state index in [1.165, 1.54) is 53.0 Å². The van der Waals surface area contributed by atoms with E-state index in [1.54, 1.807) is 0 Å². The molecule has 0 amide bonds. The van der Waals surface area contributed by atoms with Gasteiger partial charge in [-0.3, -0.25) is 0 Å². The van der Waals surface area contributed by atoms with Crippen LogP contribution in [-0.4, -0.2) is 0 Å². The van der Waals surface area contributed by atoms with Crippen molar-refractivity contribution in [3.05, 3.63) is 89.5 Å². The average Bonchev–Trinajstić information content (AvgIpc) is 2.65. The molecule has 1 atom stereocenters. The van der Waals surface area contributed by atoms with Crippen molar-refractivity contribution in [2.45, 2.75) is 39.0 Å². The molecule has 3 aromatic carbocycles. The third-order valence-electron chi connectivity index (χ3n) is 5.46. The van der Waals surface area contributed by atoms with E-state index < -0.39 is 0 Å². The highest BCUT2D eigenvalue weighted by Gasteiger charge is 2.18. The predicted octanol–water partition coefficient (Wildman–Crippen LogP) is 6.77. The number of nitrogens with zero attached hydrogens (tertiary/aromatic N) is 1. The molecule has 1 aliphatic rings. The zero-order valence-electron chi connectivity index (χ0n) is 15.1. The Morgan fingerprint density at radius 1 is 0.760 bits per heavy atom. The first kappa shape index (κ1) is 16.0. The topological polar surface area (TPSA) is 3.24 Å². The fourth-order valence-corrected chi connectivity index (χ4v) is 3.53. The van der Waals surface area contributed by atoms with Crippen LogP contribution in [0.25, 0.3) is 0 Å². The first-order valence-electron chi connectivity index (χ1n) is 9.33. The first-order valence-corrected chi connectivity index (χ1v) is 9.33. The maximum atomic E-state index is 2.36. The van der Waals surface area contributed by atoms with E-state index >= 15 is 0 Å². The summed E-state index contributed by atoms with van der Waals surface area (Å²) in [5, 5.41) is 0. The van der Waals surface area contributed by atoms with Crippen molar-refractivity contribution in [1.29, 1.82) is 0 Å². The maximum Gasteiger partial charge on any atom is 0.0464 e. The molecule has 0 bridgehead atoms. The van der Waals surface area contributed by atoms with E-state index in [-0.39, 0.29) is 0 Å². The SMILES string of the molecule is CCC(C)c1ccc(N(c2ccccc2)c2ccc3c(c2)CC3)cc1. The fraction of sp³-hybridized carbons (Fsp3) is 0.250. The van der Waals surface area contributed by atoms with Crippen LogP contribution < -0.4 is 4.90 Å². The van der Waals surface area contributed by atoms with Crippen LogP contribution in [0.3, 0.4) is 0 Å². The molecule has 0 aliphatic heterocycles. The molecule has 1 heteroatoms. The van der Waals surface area contributed by atoms with Gasteiger partial charge in [0.15, 0.2) is 0 Å². The second-order valence-corrected chi connectivity index (χ2v) is 7.02. The minimum absolute atomic E-state index is 0.607. The lowest BCUT2D eigenvalue weighted by molar-refractivity contribution is 0.733. The molecule has 4 rings (SSSR count). The van der Waals surface area contributed by atoms with Crippen molar-refractivity contribution in [3.8, 4) is 0 Å². The molecule has 0 fully saturated rings. The van der Waals surface area contributed by atoms with Crippen molar-refractivity contribution in [2.75, 3.05) is 4.90 Å². The van der Waals surface area contributed by atoms with Crippen molar-refractivity contribution in [3.63, 3.8) is 0 Å². The third-order valence-corrected chi connectivity index (χ3v) is 5.46. The average molecular weight is 327 g/mol. The predicted molar refractivity (Wildman–Crippen MR) is 107 cm³/mol. The molecule has 0 saturated heterocycles. The normalized spacial score (nSPS) is 13.7. The van der Waals surface area contributed by atoms with E-state index in [1.807, 2.05) is 0 Å². The van der Waals surface area contributed by atoms with Crippen LogP contribution in [-0.2, 0) is 12.8 Å².